The second-order valence-corrected chi connectivity index (χ2v) is 8.56. The second kappa shape index (κ2) is 14.2. The number of nitrogens with zero attached hydrogens (tertiary/aromatic N) is 4. The van der Waals surface area contributed by atoms with E-state index in [4.69, 9.17) is 10.5 Å². The van der Waals surface area contributed by atoms with Crippen LogP contribution in [-0.2, 0) is 23.9 Å². The SMILES string of the molecule is C=C(C)C(=O)OCCCN(CC)c1ccc(N=Nc2sc(N)cc2C#N)c(NC(=O)CCOC=O)c1. The predicted molar refractivity (Wildman–Crippen MR) is 138 cm³/mol. The molecular weight excluding hydrogens is 484 g/mol. The van der Waals surface area contributed by atoms with Crippen LogP contribution in [0.2, 0.25) is 0 Å². The van der Waals surface area contributed by atoms with Crippen molar-refractivity contribution in [1.82, 2.24) is 0 Å². The second-order valence-electron chi connectivity index (χ2n) is 7.50. The summed E-state index contributed by atoms with van der Waals surface area (Å²) in [6.07, 6.45) is 0.556. The van der Waals surface area contributed by atoms with Crippen LogP contribution in [0.5, 0.6) is 0 Å². The van der Waals surface area contributed by atoms with Crippen LogP contribution >= 0.6 is 11.3 Å². The largest absolute Gasteiger partial charge is 0.467 e. The third kappa shape index (κ3) is 8.52. The highest BCUT2D eigenvalue weighted by molar-refractivity contribution is 7.19. The van der Waals surface area contributed by atoms with Crippen molar-refractivity contribution < 1.29 is 23.9 Å². The molecule has 0 fully saturated rings. The number of thiophene rings is 1. The molecular formula is C24H28N6O5S. The molecule has 0 aliphatic carbocycles. The van der Waals surface area contributed by atoms with Crippen molar-refractivity contribution >= 4 is 56.7 Å². The maximum Gasteiger partial charge on any atom is 0.333 e. The van der Waals surface area contributed by atoms with E-state index in [-0.39, 0.29) is 32.0 Å². The Labute approximate surface area is 213 Å². The van der Waals surface area contributed by atoms with Crippen LogP contribution in [0.15, 0.2) is 46.6 Å². The van der Waals surface area contributed by atoms with E-state index in [9.17, 15) is 19.6 Å². The number of ether oxygens (including phenoxy) is 2. The Kier molecular flexibility index (Phi) is 11.1. The third-order valence-electron chi connectivity index (χ3n) is 4.77. The summed E-state index contributed by atoms with van der Waals surface area (Å²) in [4.78, 5) is 36.4. The molecule has 1 aromatic carbocycles. The number of hydrogen-bond donors (Lipinski definition) is 2. The van der Waals surface area contributed by atoms with Crippen LogP contribution in [0.4, 0.5) is 27.1 Å². The zero-order valence-electron chi connectivity index (χ0n) is 20.2. The van der Waals surface area contributed by atoms with Crippen molar-refractivity contribution in [3.8, 4) is 6.07 Å². The molecule has 0 radical (unpaired) electrons. The highest BCUT2D eigenvalue weighted by Gasteiger charge is 2.13. The number of anilines is 3. The average Bonchev–Trinajstić information content (AvgIpc) is 3.22. The molecule has 190 valence electrons. The quantitative estimate of drug-likeness (QED) is 0.123. The zero-order chi connectivity index (χ0) is 26.5. The molecule has 11 nitrogen and oxygen atoms in total. The minimum atomic E-state index is -0.427. The summed E-state index contributed by atoms with van der Waals surface area (Å²) in [5.41, 5.74) is 7.98. The maximum absolute atomic E-state index is 12.4. The van der Waals surface area contributed by atoms with E-state index in [0.717, 1.165) is 17.0 Å². The van der Waals surface area contributed by atoms with Gasteiger partial charge in [-0.25, -0.2) is 4.79 Å². The van der Waals surface area contributed by atoms with Gasteiger partial charge in [0, 0.05) is 24.4 Å². The predicted octanol–water partition coefficient (Wildman–Crippen LogP) is 4.45. The van der Waals surface area contributed by atoms with Gasteiger partial charge in [-0.1, -0.05) is 17.9 Å². The molecule has 1 aromatic heterocycles. The fraction of sp³-hybridized carbons (Fsp3) is 0.333. The summed E-state index contributed by atoms with van der Waals surface area (Å²) >= 11 is 1.13. The van der Waals surface area contributed by atoms with Crippen LogP contribution in [0.3, 0.4) is 0 Å². The summed E-state index contributed by atoms with van der Waals surface area (Å²) in [5, 5.41) is 21.2. The van der Waals surface area contributed by atoms with Gasteiger partial charge in [0.2, 0.25) is 5.91 Å². The molecule has 0 aliphatic rings. The van der Waals surface area contributed by atoms with E-state index >= 15 is 0 Å². The minimum absolute atomic E-state index is 0.0365. The number of nitrogens with one attached hydrogen (secondary N) is 1. The third-order valence-corrected chi connectivity index (χ3v) is 5.62. The first-order chi connectivity index (χ1) is 17.3. The van der Waals surface area contributed by atoms with Gasteiger partial charge < -0.3 is 25.4 Å². The van der Waals surface area contributed by atoms with Crippen molar-refractivity contribution in [3.63, 3.8) is 0 Å². The molecule has 0 saturated carbocycles. The van der Waals surface area contributed by atoms with Gasteiger partial charge in [0.15, 0.2) is 5.00 Å². The zero-order valence-corrected chi connectivity index (χ0v) is 21.0. The fourth-order valence-corrected chi connectivity index (χ4v) is 3.68. The number of carbonyl (C=O) groups excluding carboxylic acids is 3. The van der Waals surface area contributed by atoms with Crippen LogP contribution in [0.25, 0.3) is 0 Å². The van der Waals surface area contributed by atoms with Gasteiger partial charge in [-0.15, -0.1) is 10.2 Å². The van der Waals surface area contributed by atoms with Gasteiger partial charge in [0.1, 0.15) is 11.8 Å². The molecule has 0 spiro atoms. The Bertz CT molecular complexity index is 1170. The van der Waals surface area contributed by atoms with E-state index in [0.29, 0.717) is 52.0 Å². The molecule has 1 heterocycles. The molecule has 12 heteroatoms. The van der Waals surface area contributed by atoms with E-state index < -0.39 is 5.97 Å². The molecule has 0 bridgehead atoms. The normalized spacial score (nSPS) is 10.5. The lowest BCUT2D eigenvalue weighted by Gasteiger charge is -2.24. The number of nitrogen functional groups attached to an aromatic ring is 1. The van der Waals surface area contributed by atoms with E-state index in [1.54, 1.807) is 19.1 Å². The van der Waals surface area contributed by atoms with Crippen molar-refractivity contribution in [3.05, 3.63) is 42.0 Å². The first-order valence-electron chi connectivity index (χ1n) is 11.1. The van der Waals surface area contributed by atoms with Gasteiger partial charge >= 0.3 is 5.97 Å². The standard InChI is InChI=1S/C24H28N6O5S/c1-4-30(9-5-10-35-24(33)16(2)3)18-6-7-19(20(13-18)27-22(32)8-11-34-15-31)28-29-23-17(14-25)12-21(26)36-23/h6-7,12-13,15H,2,4-5,8-11,26H2,1,3H3,(H,27,32). The Hall–Kier alpha value is -4.24. The van der Waals surface area contributed by atoms with Crippen molar-refractivity contribution in [2.24, 2.45) is 10.2 Å². The van der Waals surface area contributed by atoms with Gasteiger partial charge in [0.05, 0.1) is 35.9 Å². The number of nitriles is 1. The molecule has 3 N–H and O–H groups in total. The summed E-state index contributed by atoms with van der Waals surface area (Å²) < 4.78 is 9.75. The fourth-order valence-electron chi connectivity index (χ4n) is 2.99. The molecule has 0 unspecified atom stereocenters. The number of azo groups is 1. The van der Waals surface area contributed by atoms with Crippen LogP contribution in [0.1, 0.15) is 32.3 Å². The van der Waals surface area contributed by atoms with Gasteiger partial charge in [-0.05, 0) is 44.5 Å². The van der Waals surface area contributed by atoms with Crippen LogP contribution in [-0.4, -0.2) is 44.7 Å². The molecule has 1 amide bonds. The summed E-state index contributed by atoms with van der Waals surface area (Å²) in [5.74, 6) is -0.804. The first-order valence-corrected chi connectivity index (χ1v) is 11.9. The Balaban J connectivity index is 2.24. The highest BCUT2D eigenvalue weighted by Crippen LogP contribution is 2.36. The lowest BCUT2D eigenvalue weighted by molar-refractivity contribution is -0.139. The maximum atomic E-state index is 12.4. The monoisotopic (exact) mass is 512 g/mol. The Morgan fingerprint density at radius 3 is 2.75 bits per heavy atom. The van der Waals surface area contributed by atoms with Crippen molar-refractivity contribution in [2.45, 2.75) is 26.7 Å². The number of hydrogen-bond acceptors (Lipinski definition) is 11. The number of esters is 1. The smallest absolute Gasteiger partial charge is 0.333 e. The molecule has 0 aliphatic heterocycles. The van der Waals surface area contributed by atoms with Gasteiger partial charge in [-0.2, -0.15) is 5.26 Å². The Morgan fingerprint density at radius 2 is 2.08 bits per heavy atom. The van der Waals surface area contributed by atoms with Crippen molar-refractivity contribution in [2.75, 3.05) is 42.3 Å². The van der Waals surface area contributed by atoms with Gasteiger partial charge in [0.25, 0.3) is 6.47 Å². The topological polar surface area (TPSA) is 159 Å². The molecule has 0 atom stereocenters. The van der Waals surface area contributed by atoms with E-state index in [1.165, 1.54) is 6.07 Å². The summed E-state index contributed by atoms with van der Waals surface area (Å²) in [7, 11) is 0. The van der Waals surface area contributed by atoms with Crippen LogP contribution in [0, 0.1) is 11.3 Å². The minimum Gasteiger partial charge on any atom is -0.467 e. The van der Waals surface area contributed by atoms with Crippen molar-refractivity contribution in [1.29, 1.82) is 5.26 Å². The number of carbonyl (C=O) groups is 3. The lowest BCUT2D eigenvalue weighted by atomic mass is 10.2. The van der Waals surface area contributed by atoms with E-state index in [1.807, 2.05) is 19.1 Å². The Morgan fingerprint density at radius 1 is 1.31 bits per heavy atom. The molecule has 2 aromatic rings. The summed E-state index contributed by atoms with van der Waals surface area (Å²) in [6.45, 7) is 8.86. The number of rotatable bonds is 14. The number of amides is 1. The van der Waals surface area contributed by atoms with Gasteiger partial charge in [-0.3, -0.25) is 9.59 Å². The van der Waals surface area contributed by atoms with E-state index in [2.05, 4.69) is 31.8 Å². The number of benzene rings is 1. The summed E-state index contributed by atoms with van der Waals surface area (Å²) in [6, 6.07) is 8.82. The highest BCUT2D eigenvalue weighted by atomic mass is 32.1. The average molecular weight is 513 g/mol. The molecule has 0 saturated heterocycles. The molecule has 2 rings (SSSR count). The van der Waals surface area contributed by atoms with Crippen LogP contribution < -0.4 is 16.0 Å². The number of nitrogens with two attached hydrogens (primary N) is 1. The lowest BCUT2D eigenvalue weighted by Crippen LogP contribution is -2.25. The molecule has 36 heavy (non-hydrogen) atoms. The first kappa shape index (κ1) is 28.0.